The highest BCUT2D eigenvalue weighted by atomic mass is 35.5. The van der Waals surface area contributed by atoms with Gasteiger partial charge in [-0.15, -0.1) is 0 Å². The Labute approximate surface area is 106 Å². The van der Waals surface area contributed by atoms with E-state index < -0.39 is 0 Å². The van der Waals surface area contributed by atoms with Crippen LogP contribution >= 0.6 is 11.6 Å². The van der Waals surface area contributed by atoms with Crippen LogP contribution in [0.15, 0.2) is 30.3 Å². The average Bonchev–Trinajstić information content (AvgIpc) is 2.71. The molecule has 0 fully saturated rings. The molecule has 0 bridgehead atoms. The predicted molar refractivity (Wildman–Crippen MR) is 68.4 cm³/mol. The molecule has 0 atom stereocenters. The number of rotatable bonds is 1. The Hall–Kier alpha value is -1.41. The summed E-state index contributed by atoms with van der Waals surface area (Å²) in [6.45, 7) is 1.96. The van der Waals surface area contributed by atoms with Gasteiger partial charge in [0.05, 0.1) is 0 Å². The van der Waals surface area contributed by atoms with Crippen molar-refractivity contribution in [2.75, 3.05) is 0 Å². The van der Waals surface area contributed by atoms with Crippen LogP contribution < -0.4 is 0 Å². The van der Waals surface area contributed by atoms with Crippen LogP contribution in [-0.4, -0.2) is 9.97 Å². The summed E-state index contributed by atoms with van der Waals surface area (Å²) in [5, 5.41) is 0.545. The van der Waals surface area contributed by atoms with Gasteiger partial charge in [0.2, 0.25) is 0 Å². The number of benzene rings is 1. The van der Waals surface area contributed by atoms with Gasteiger partial charge >= 0.3 is 0 Å². The maximum Gasteiger partial charge on any atom is 0.134 e. The average molecular weight is 245 g/mol. The first-order valence-electron chi connectivity index (χ1n) is 5.80. The third kappa shape index (κ3) is 2.05. The predicted octanol–water partition coefficient (Wildman–Crippen LogP) is 3.32. The molecule has 2 nitrogen and oxygen atoms in total. The minimum atomic E-state index is 0.379. The van der Waals surface area contributed by atoms with Gasteiger partial charge in [0.1, 0.15) is 11.0 Å². The van der Waals surface area contributed by atoms with E-state index in [4.69, 9.17) is 11.6 Å². The van der Waals surface area contributed by atoms with Gasteiger partial charge in [-0.3, -0.25) is 0 Å². The van der Waals surface area contributed by atoms with Crippen molar-refractivity contribution in [3.05, 3.63) is 58.1 Å². The molecule has 1 aliphatic rings. The Kier molecular flexibility index (Phi) is 2.60. The van der Waals surface area contributed by atoms with Gasteiger partial charge in [0.15, 0.2) is 0 Å². The van der Waals surface area contributed by atoms with Crippen LogP contribution in [0.5, 0.6) is 0 Å². The lowest BCUT2D eigenvalue weighted by molar-refractivity contribution is 0.678. The van der Waals surface area contributed by atoms with E-state index in [-0.39, 0.29) is 0 Å². The Morgan fingerprint density at radius 3 is 2.35 bits per heavy atom. The molecule has 3 rings (SSSR count). The topological polar surface area (TPSA) is 25.8 Å². The van der Waals surface area contributed by atoms with Crippen molar-refractivity contribution >= 4 is 11.6 Å². The lowest BCUT2D eigenvalue weighted by atomic mass is 10.1. The molecule has 3 heteroatoms. The highest BCUT2D eigenvalue weighted by Gasteiger charge is 2.24. The number of nitrogens with zero attached hydrogens (tertiary/aromatic N) is 2. The largest absolute Gasteiger partial charge is 0.238 e. The summed E-state index contributed by atoms with van der Waals surface area (Å²) in [5.74, 6) is 1.26. The number of hydrogen-bond acceptors (Lipinski definition) is 2. The molecule has 0 unspecified atom stereocenters. The fourth-order valence-corrected chi connectivity index (χ4v) is 2.72. The molecule has 1 aliphatic carbocycles. The minimum Gasteiger partial charge on any atom is -0.238 e. The highest BCUT2D eigenvalue weighted by molar-refractivity contribution is 6.29. The first-order valence-corrected chi connectivity index (χ1v) is 6.18. The van der Waals surface area contributed by atoms with Gasteiger partial charge in [-0.05, 0) is 37.0 Å². The maximum atomic E-state index is 5.99. The molecular formula is C14H13ClN2. The zero-order valence-electron chi connectivity index (χ0n) is 9.65. The fourth-order valence-electron chi connectivity index (χ4n) is 2.48. The number of hydrogen-bond donors (Lipinski definition) is 0. The Balaban J connectivity index is 1.93. The molecule has 1 aromatic heterocycles. The number of aryl methyl sites for hydroxylation is 1. The van der Waals surface area contributed by atoms with Crippen molar-refractivity contribution in [2.45, 2.75) is 25.7 Å². The summed E-state index contributed by atoms with van der Waals surface area (Å²) in [6.07, 6.45) is 2.05. The molecule has 0 saturated carbocycles. The van der Waals surface area contributed by atoms with Crippen LogP contribution in [0.1, 0.15) is 28.6 Å². The molecule has 0 spiro atoms. The van der Waals surface area contributed by atoms with Crippen LogP contribution in [0, 0.1) is 6.92 Å². The number of halogens is 1. The molecule has 0 saturated heterocycles. The molecule has 17 heavy (non-hydrogen) atoms. The molecule has 0 aliphatic heterocycles. The Morgan fingerprint density at radius 2 is 1.76 bits per heavy atom. The minimum absolute atomic E-state index is 0.379. The van der Waals surface area contributed by atoms with Crippen molar-refractivity contribution in [3.8, 4) is 0 Å². The van der Waals surface area contributed by atoms with E-state index in [2.05, 4.69) is 34.2 Å². The van der Waals surface area contributed by atoms with Crippen molar-refractivity contribution in [1.29, 1.82) is 0 Å². The van der Waals surface area contributed by atoms with Gasteiger partial charge in [-0.25, -0.2) is 9.97 Å². The smallest absolute Gasteiger partial charge is 0.134 e. The van der Waals surface area contributed by atoms with Gasteiger partial charge in [-0.1, -0.05) is 35.9 Å². The second-order valence-electron chi connectivity index (χ2n) is 4.56. The summed E-state index contributed by atoms with van der Waals surface area (Å²) in [4.78, 5) is 8.86. The van der Waals surface area contributed by atoms with E-state index in [0.29, 0.717) is 11.1 Å². The fraction of sp³-hybridized carbons (Fsp3) is 0.286. The van der Waals surface area contributed by atoms with E-state index >= 15 is 0 Å². The third-order valence-corrected chi connectivity index (χ3v) is 3.45. The van der Waals surface area contributed by atoms with E-state index in [1.165, 1.54) is 11.1 Å². The number of fused-ring (bicyclic) bond motifs is 1. The lowest BCUT2D eigenvalue weighted by Crippen LogP contribution is -2.05. The van der Waals surface area contributed by atoms with Crippen LogP contribution in [-0.2, 0) is 12.8 Å². The molecule has 86 valence electrons. The van der Waals surface area contributed by atoms with E-state index in [1.807, 2.05) is 6.92 Å². The van der Waals surface area contributed by atoms with Gasteiger partial charge < -0.3 is 0 Å². The van der Waals surface area contributed by atoms with E-state index in [1.54, 1.807) is 6.07 Å². The molecule has 0 N–H and O–H groups in total. The number of aromatic nitrogens is 2. The summed E-state index contributed by atoms with van der Waals surface area (Å²) < 4.78 is 0. The molecule has 1 aromatic carbocycles. The first-order chi connectivity index (χ1) is 8.22. The Bertz CT molecular complexity index is 521. The second kappa shape index (κ2) is 4.11. The molecule has 2 aromatic rings. The molecular weight excluding hydrogens is 232 g/mol. The second-order valence-corrected chi connectivity index (χ2v) is 4.95. The lowest BCUT2D eigenvalue weighted by Gasteiger charge is -2.08. The Morgan fingerprint density at radius 1 is 1.12 bits per heavy atom. The summed E-state index contributed by atoms with van der Waals surface area (Å²) in [6, 6.07) is 10.4. The van der Waals surface area contributed by atoms with Crippen molar-refractivity contribution in [3.63, 3.8) is 0 Å². The van der Waals surface area contributed by atoms with Gasteiger partial charge in [-0.2, -0.15) is 0 Å². The van der Waals surface area contributed by atoms with Crippen molar-refractivity contribution in [1.82, 2.24) is 9.97 Å². The standard InChI is InChI=1S/C14H13ClN2/c1-9-6-13(15)17-14(16-9)12-7-10-4-2-3-5-11(10)8-12/h2-6,12H,7-8H2,1H3. The third-order valence-electron chi connectivity index (χ3n) is 3.26. The van der Waals surface area contributed by atoms with Gasteiger partial charge in [0, 0.05) is 11.6 Å². The molecule has 1 heterocycles. The first kappa shape index (κ1) is 10.7. The van der Waals surface area contributed by atoms with Crippen LogP contribution in [0.2, 0.25) is 5.15 Å². The summed E-state index contributed by atoms with van der Waals surface area (Å²) in [7, 11) is 0. The molecule has 0 amide bonds. The van der Waals surface area contributed by atoms with Crippen molar-refractivity contribution < 1.29 is 0 Å². The SMILES string of the molecule is Cc1cc(Cl)nc(C2Cc3ccccc3C2)n1. The zero-order chi connectivity index (χ0) is 11.8. The van der Waals surface area contributed by atoms with E-state index in [0.717, 1.165) is 24.4 Å². The molecule has 0 radical (unpaired) electrons. The highest BCUT2D eigenvalue weighted by Crippen LogP contribution is 2.32. The summed E-state index contributed by atoms with van der Waals surface area (Å²) in [5.41, 5.74) is 3.77. The normalized spacial score (nSPS) is 14.9. The maximum absolute atomic E-state index is 5.99. The quantitative estimate of drug-likeness (QED) is 0.720. The monoisotopic (exact) mass is 244 g/mol. The zero-order valence-corrected chi connectivity index (χ0v) is 10.4. The van der Waals surface area contributed by atoms with Crippen LogP contribution in [0.4, 0.5) is 0 Å². The summed E-state index contributed by atoms with van der Waals surface area (Å²) >= 11 is 5.99. The van der Waals surface area contributed by atoms with Gasteiger partial charge in [0.25, 0.3) is 0 Å². The van der Waals surface area contributed by atoms with Crippen molar-refractivity contribution in [2.24, 2.45) is 0 Å². The van der Waals surface area contributed by atoms with Crippen LogP contribution in [0.25, 0.3) is 0 Å². The van der Waals surface area contributed by atoms with Crippen LogP contribution in [0.3, 0.4) is 0 Å². The van der Waals surface area contributed by atoms with E-state index in [9.17, 15) is 0 Å².